The minimum Gasteiger partial charge on any atom is -0.497 e. The molecule has 6 nitrogen and oxygen atoms in total. The fraction of sp³-hybridized carbons (Fsp3) is 0.0476. The number of carboxylic acids is 1. The summed E-state index contributed by atoms with van der Waals surface area (Å²) in [5, 5.41) is 20.3. The van der Waals surface area contributed by atoms with Gasteiger partial charge in [0.25, 0.3) is 0 Å². The summed E-state index contributed by atoms with van der Waals surface area (Å²) in [4.78, 5) is 13.3. The van der Waals surface area contributed by atoms with Gasteiger partial charge in [0.2, 0.25) is 0 Å². The summed E-state index contributed by atoms with van der Waals surface area (Å²) in [5.74, 6) is 6.87. The molecule has 1 N–H and O–H groups in total. The monoisotopic (exact) mass is 626 g/mol. The van der Waals surface area contributed by atoms with Crippen LogP contribution in [0.5, 0.6) is 11.5 Å². The van der Waals surface area contributed by atoms with Crippen LogP contribution < -0.4 is 14.4 Å². The van der Waals surface area contributed by atoms with Crippen LogP contribution in [0.1, 0.15) is 16.7 Å². The first-order valence-corrected chi connectivity index (χ1v) is 15.1. The van der Waals surface area contributed by atoms with Crippen molar-refractivity contribution >= 4 is 39.9 Å². The molecule has 0 aliphatic heterocycles. The highest BCUT2D eigenvalue weighted by molar-refractivity contribution is 6.00. The predicted octanol–water partition coefficient (Wildman–Crippen LogP) is 9.39. The molecule has 0 amide bonds. The Hall–Kier alpha value is -6.76. The summed E-state index contributed by atoms with van der Waals surface area (Å²) in [6, 6.07) is 45.7. The Morgan fingerprint density at radius 2 is 1.21 bits per heavy atom. The van der Waals surface area contributed by atoms with E-state index in [1.54, 1.807) is 32.4 Å². The van der Waals surface area contributed by atoms with Crippen molar-refractivity contribution in [2.24, 2.45) is 0 Å². The Morgan fingerprint density at radius 1 is 0.667 bits per heavy atom. The second kappa shape index (κ2) is 14.1. The average molecular weight is 627 g/mol. The molecule has 0 atom stereocenters. The van der Waals surface area contributed by atoms with E-state index in [0.717, 1.165) is 61.6 Å². The SMILES string of the molecule is COc1ccc(N(c2ccc(OC)cc2)c2ccc(-c3ccc(C#Cc4ccc(/C=C(\C#N)C(=O)O)cc4)c4ccccc34)cc2)cc1. The van der Waals surface area contributed by atoms with Crippen molar-refractivity contribution in [1.82, 2.24) is 0 Å². The molecule has 0 aliphatic carbocycles. The van der Waals surface area contributed by atoms with Crippen LogP contribution in [0, 0.1) is 23.2 Å². The first-order chi connectivity index (χ1) is 23.5. The normalized spacial score (nSPS) is 10.8. The number of hydrogen-bond acceptors (Lipinski definition) is 5. The molecule has 48 heavy (non-hydrogen) atoms. The van der Waals surface area contributed by atoms with E-state index in [2.05, 4.69) is 59.2 Å². The van der Waals surface area contributed by atoms with Gasteiger partial charge in [0.05, 0.1) is 14.2 Å². The molecule has 6 heteroatoms. The maximum Gasteiger partial charge on any atom is 0.346 e. The van der Waals surface area contributed by atoms with Gasteiger partial charge < -0.3 is 19.5 Å². The van der Waals surface area contributed by atoms with Gasteiger partial charge in [-0.25, -0.2) is 4.79 Å². The minimum absolute atomic E-state index is 0.318. The molecular weight excluding hydrogens is 596 g/mol. The van der Waals surface area contributed by atoms with Gasteiger partial charge in [-0.05, 0) is 112 Å². The van der Waals surface area contributed by atoms with Crippen LogP contribution >= 0.6 is 0 Å². The van der Waals surface area contributed by atoms with Crippen molar-refractivity contribution in [3.8, 4) is 40.5 Å². The van der Waals surface area contributed by atoms with E-state index in [0.29, 0.717) is 5.56 Å². The summed E-state index contributed by atoms with van der Waals surface area (Å²) >= 11 is 0. The number of carbonyl (C=O) groups is 1. The van der Waals surface area contributed by atoms with Crippen LogP contribution in [-0.2, 0) is 4.79 Å². The van der Waals surface area contributed by atoms with Crippen LogP contribution in [0.3, 0.4) is 0 Å². The van der Waals surface area contributed by atoms with Crippen molar-refractivity contribution in [3.05, 3.63) is 156 Å². The Balaban J connectivity index is 1.31. The first kappa shape index (κ1) is 31.2. The third-order valence-corrected chi connectivity index (χ3v) is 7.94. The second-order valence-corrected chi connectivity index (χ2v) is 10.8. The summed E-state index contributed by atoms with van der Waals surface area (Å²) in [6.45, 7) is 0. The number of carboxylic acid groups (broad SMARTS) is 1. The van der Waals surface area contributed by atoms with Crippen LogP contribution in [0.2, 0.25) is 0 Å². The average Bonchev–Trinajstić information content (AvgIpc) is 3.14. The number of aliphatic carboxylic acids is 1. The first-order valence-electron chi connectivity index (χ1n) is 15.1. The highest BCUT2D eigenvalue weighted by atomic mass is 16.5. The van der Waals surface area contributed by atoms with Crippen molar-refractivity contribution in [3.63, 3.8) is 0 Å². The number of nitriles is 1. The second-order valence-electron chi connectivity index (χ2n) is 10.8. The van der Waals surface area contributed by atoms with Crippen LogP contribution in [0.4, 0.5) is 17.1 Å². The van der Waals surface area contributed by atoms with Crippen molar-refractivity contribution in [2.75, 3.05) is 19.1 Å². The number of benzene rings is 6. The summed E-state index contributed by atoms with van der Waals surface area (Å²) in [6.07, 6.45) is 1.34. The lowest BCUT2D eigenvalue weighted by Crippen LogP contribution is -2.09. The topological polar surface area (TPSA) is 82.8 Å². The van der Waals surface area contributed by atoms with Crippen LogP contribution in [0.25, 0.3) is 28.0 Å². The zero-order valence-electron chi connectivity index (χ0n) is 26.3. The lowest BCUT2D eigenvalue weighted by atomic mass is 9.95. The summed E-state index contributed by atoms with van der Waals surface area (Å²) in [7, 11) is 3.32. The van der Waals surface area contributed by atoms with Crippen LogP contribution in [-0.4, -0.2) is 25.3 Å². The molecule has 0 aliphatic rings. The Morgan fingerprint density at radius 3 is 1.73 bits per heavy atom. The molecular formula is C42H30N2O4. The van der Waals surface area contributed by atoms with E-state index >= 15 is 0 Å². The zero-order chi connectivity index (χ0) is 33.5. The van der Waals surface area contributed by atoms with E-state index in [4.69, 9.17) is 19.8 Å². The standard InChI is InChI=1S/C42H30N2O4/c1-47-37-22-18-35(19-23-37)44(36-20-24-38(48-2)25-21-36)34-16-13-32(14-17-34)40-26-15-31(39-5-3-4-6-41(39)40)12-11-29-7-9-30(10-8-29)27-33(28-43)42(45)46/h3-10,13-27H,1-2H3,(H,45,46)/b33-27+. The largest absolute Gasteiger partial charge is 0.497 e. The fourth-order valence-electron chi connectivity index (χ4n) is 5.47. The number of rotatable bonds is 8. The quantitative estimate of drug-likeness (QED) is 0.103. The number of fused-ring (bicyclic) bond motifs is 1. The number of ether oxygens (including phenoxy) is 2. The van der Waals surface area contributed by atoms with Crippen molar-refractivity contribution in [2.45, 2.75) is 0 Å². The number of nitrogens with zero attached hydrogens (tertiary/aromatic N) is 2. The molecule has 6 rings (SSSR count). The van der Waals surface area contributed by atoms with Crippen molar-refractivity contribution < 1.29 is 19.4 Å². The third kappa shape index (κ3) is 6.74. The third-order valence-electron chi connectivity index (χ3n) is 7.94. The van der Waals surface area contributed by atoms with Gasteiger partial charge in [0.15, 0.2) is 0 Å². The van der Waals surface area contributed by atoms with Gasteiger partial charge in [0.1, 0.15) is 23.1 Å². The Kier molecular flexibility index (Phi) is 9.19. The molecule has 0 radical (unpaired) electrons. The van der Waals surface area contributed by atoms with Crippen molar-refractivity contribution in [1.29, 1.82) is 5.26 Å². The van der Waals surface area contributed by atoms with E-state index in [1.807, 2.05) is 78.9 Å². The number of methoxy groups -OCH3 is 2. The molecule has 0 heterocycles. The molecule has 0 fully saturated rings. The number of hydrogen-bond donors (Lipinski definition) is 1. The molecule has 0 saturated carbocycles. The fourth-order valence-corrected chi connectivity index (χ4v) is 5.47. The van der Waals surface area contributed by atoms with Gasteiger partial charge >= 0.3 is 5.97 Å². The lowest BCUT2D eigenvalue weighted by molar-refractivity contribution is -0.132. The van der Waals surface area contributed by atoms with E-state index in [9.17, 15) is 4.79 Å². The molecule has 6 aromatic carbocycles. The maximum atomic E-state index is 11.1. The predicted molar refractivity (Wildman–Crippen MR) is 191 cm³/mol. The molecule has 0 bridgehead atoms. The Labute approximate surface area is 279 Å². The molecule has 6 aromatic rings. The van der Waals surface area contributed by atoms with Gasteiger partial charge in [0, 0.05) is 28.2 Å². The Bertz CT molecular complexity index is 2170. The summed E-state index contributed by atoms with van der Waals surface area (Å²) < 4.78 is 10.8. The molecule has 0 aromatic heterocycles. The van der Waals surface area contributed by atoms with Gasteiger partial charge in [-0.2, -0.15) is 5.26 Å². The minimum atomic E-state index is -1.25. The van der Waals surface area contributed by atoms with Gasteiger partial charge in [-0.1, -0.05) is 66.4 Å². The highest BCUT2D eigenvalue weighted by Crippen LogP contribution is 2.38. The number of anilines is 3. The summed E-state index contributed by atoms with van der Waals surface area (Å²) in [5.41, 5.74) is 7.18. The van der Waals surface area contributed by atoms with E-state index < -0.39 is 5.97 Å². The molecule has 0 saturated heterocycles. The van der Waals surface area contributed by atoms with Gasteiger partial charge in [-0.3, -0.25) is 0 Å². The van der Waals surface area contributed by atoms with E-state index in [-0.39, 0.29) is 5.57 Å². The zero-order valence-corrected chi connectivity index (χ0v) is 26.3. The molecule has 0 unspecified atom stereocenters. The molecule has 232 valence electrons. The van der Waals surface area contributed by atoms with Crippen LogP contribution in [0.15, 0.2) is 139 Å². The lowest BCUT2D eigenvalue weighted by Gasteiger charge is -2.26. The molecule has 0 spiro atoms. The maximum absolute atomic E-state index is 11.1. The highest BCUT2D eigenvalue weighted by Gasteiger charge is 2.14. The van der Waals surface area contributed by atoms with Gasteiger partial charge in [-0.15, -0.1) is 0 Å². The smallest absolute Gasteiger partial charge is 0.346 e. The van der Waals surface area contributed by atoms with E-state index in [1.165, 1.54) is 6.08 Å².